The number of carbonyl (C=O) groups is 5. The van der Waals surface area contributed by atoms with E-state index in [9.17, 15) is 34.2 Å². The Bertz CT molecular complexity index is 1410. The second kappa shape index (κ2) is 15.7. The molecule has 2 aromatic rings. The molecule has 14 heteroatoms. The second-order valence-corrected chi connectivity index (χ2v) is 15.7. The number of carboxylic acids is 1. The van der Waals surface area contributed by atoms with Crippen LogP contribution in [0.4, 0.5) is 0 Å². The smallest absolute Gasteiger partial charge is 0.327 e. The van der Waals surface area contributed by atoms with Crippen molar-refractivity contribution in [2.75, 3.05) is 0 Å². The quantitative estimate of drug-likeness (QED) is 0.203. The molecule has 2 aromatic carbocycles. The van der Waals surface area contributed by atoms with Gasteiger partial charge in [0.25, 0.3) is 0 Å². The zero-order chi connectivity index (χ0) is 34.2. The summed E-state index contributed by atoms with van der Waals surface area (Å²) in [4.78, 5) is 66.7. The van der Waals surface area contributed by atoms with Gasteiger partial charge in [0.15, 0.2) is 0 Å². The van der Waals surface area contributed by atoms with Gasteiger partial charge in [-0.1, -0.05) is 71.0 Å². The maximum absolute atomic E-state index is 13.9. The molecule has 5 atom stereocenters. The number of hydrogen-bond donors (Lipinski definition) is 7. The summed E-state index contributed by atoms with van der Waals surface area (Å²) in [6.45, 7) is 8.44. The minimum absolute atomic E-state index is 0.0722. The Hall–Kier alpha value is -3.75. The molecular formula is C32H43N5O7S2. The van der Waals surface area contributed by atoms with Crippen molar-refractivity contribution in [3.8, 4) is 5.75 Å². The topological polar surface area (TPSA) is 200 Å². The highest BCUT2D eigenvalue weighted by atomic mass is 33.1. The molecular weight excluding hydrogens is 631 g/mol. The summed E-state index contributed by atoms with van der Waals surface area (Å²) >= 11 is 0. The van der Waals surface area contributed by atoms with Crippen molar-refractivity contribution in [1.29, 1.82) is 0 Å². The van der Waals surface area contributed by atoms with E-state index in [1.165, 1.54) is 22.9 Å². The molecule has 12 nitrogen and oxygen atoms in total. The van der Waals surface area contributed by atoms with Crippen LogP contribution >= 0.6 is 21.6 Å². The third-order valence-corrected chi connectivity index (χ3v) is 11.9. The average molecular weight is 674 g/mol. The first kappa shape index (κ1) is 36.7. The van der Waals surface area contributed by atoms with Gasteiger partial charge in [-0.3, -0.25) is 19.2 Å². The first-order valence-corrected chi connectivity index (χ1v) is 17.1. The molecule has 8 N–H and O–H groups in total. The summed E-state index contributed by atoms with van der Waals surface area (Å²) in [6.07, 6.45) is 0.395. The number of aromatic hydroxyl groups is 1. The molecule has 0 spiro atoms. The van der Waals surface area contributed by atoms with E-state index in [4.69, 9.17) is 5.73 Å². The van der Waals surface area contributed by atoms with Gasteiger partial charge in [0, 0.05) is 11.2 Å². The molecule has 1 saturated heterocycles. The van der Waals surface area contributed by atoms with Gasteiger partial charge in [0.2, 0.25) is 23.6 Å². The van der Waals surface area contributed by atoms with Crippen LogP contribution in [-0.4, -0.2) is 79.5 Å². The van der Waals surface area contributed by atoms with E-state index in [1.54, 1.807) is 71.0 Å². The lowest BCUT2D eigenvalue weighted by molar-refractivity contribution is -0.143. The largest absolute Gasteiger partial charge is 0.508 e. The molecule has 0 aliphatic carbocycles. The maximum Gasteiger partial charge on any atom is 0.327 e. The van der Waals surface area contributed by atoms with Crippen LogP contribution in [-0.2, 0) is 36.8 Å². The fourth-order valence-electron chi connectivity index (χ4n) is 4.81. The van der Waals surface area contributed by atoms with E-state index in [2.05, 4.69) is 21.3 Å². The van der Waals surface area contributed by atoms with Gasteiger partial charge in [-0.2, -0.15) is 0 Å². The SMILES string of the molecule is CC[C@@H]1NC(=O)[C@H](NC(=O)[C@@H](N)Cc2ccc(O)cc2)C(C)(C)SSC(C)(C)[C@H](C(=O)O)NC(=O)[C@H](Cc2ccccc2)NC1=O. The summed E-state index contributed by atoms with van der Waals surface area (Å²) in [7, 11) is 2.33. The number of nitrogens with one attached hydrogen (secondary N) is 4. The van der Waals surface area contributed by atoms with Crippen LogP contribution in [0.5, 0.6) is 5.75 Å². The number of amides is 4. The molecule has 3 rings (SSSR count). The Balaban J connectivity index is 1.96. The Morgan fingerprint density at radius 1 is 0.848 bits per heavy atom. The second-order valence-electron chi connectivity index (χ2n) is 12.3. The van der Waals surface area contributed by atoms with Crippen molar-refractivity contribution in [3.05, 3.63) is 65.7 Å². The third-order valence-electron chi connectivity index (χ3n) is 7.63. The Morgan fingerprint density at radius 2 is 1.41 bits per heavy atom. The van der Waals surface area contributed by atoms with Crippen molar-refractivity contribution in [1.82, 2.24) is 21.3 Å². The number of carboxylic acid groups (broad SMARTS) is 1. The Kier molecular flexibility index (Phi) is 12.5. The van der Waals surface area contributed by atoms with Gasteiger partial charge in [-0.15, -0.1) is 0 Å². The van der Waals surface area contributed by atoms with Gasteiger partial charge in [0.1, 0.15) is 29.9 Å². The predicted octanol–water partition coefficient (Wildman–Crippen LogP) is 1.89. The van der Waals surface area contributed by atoms with Crippen molar-refractivity contribution in [3.63, 3.8) is 0 Å². The molecule has 0 saturated carbocycles. The lowest BCUT2D eigenvalue weighted by Crippen LogP contribution is -2.63. The summed E-state index contributed by atoms with van der Waals surface area (Å²) in [5, 5.41) is 30.6. The fraction of sp³-hybridized carbons (Fsp3) is 0.469. The van der Waals surface area contributed by atoms with E-state index in [0.717, 1.165) is 16.4 Å². The standard InChI is InChI=1S/C32H43N5O7S2/c1-6-22-27(40)35-23(17-18-10-8-7-9-11-18)28(41)37-25(30(43)44)32(4,5)46-45-31(2,3)24(29(42)34-22)36-26(39)21(33)16-19-12-14-20(38)15-13-19/h7-15,21-25,38H,6,16-17,33H2,1-5H3,(H,34,42)(H,35,40)(H,36,39)(H,37,41)(H,43,44)/t21-,22-,23-,24-,25-/m0/s1. The minimum atomic E-state index is -1.37. The number of benzene rings is 2. The highest BCUT2D eigenvalue weighted by molar-refractivity contribution is 8.77. The van der Waals surface area contributed by atoms with Gasteiger partial charge < -0.3 is 37.2 Å². The Labute approximate surface area is 276 Å². The van der Waals surface area contributed by atoms with E-state index >= 15 is 0 Å². The summed E-state index contributed by atoms with van der Waals surface area (Å²) in [5.74, 6) is -3.75. The molecule has 46 heavy (non-hydrogen) atoms. The molecule has 4 amide bonds. The van der Waals surface area contributed by atoms with Crippen molar-refractivity contribution >= 4 is 51.2 Å². The normalized spacial score (nSPS) is 24.3. The molecule has 0 unspecified atom stereocenters. The zero-order valence-electron chi connectivity index (χ0n) is 26.5. The van der Waals surface area contributed by atoms with Gasteiger partial charge in [0.05, 0.1) is 10.8 Å². The number of carbonyl (C=O) groups excluding carboxylic acids is 4. The predicted molar refractivity (Wildman–Crippen MR) is 179 cm³/mol. The first-order valence-electron chi connectivity index (χ1n) is 14.9. The van der Waals surface area contributed by atoms with Gasteiger partial charge >= 0.3 is 5.97 Å². The maximum atomic E-state index is 13.9. The van der Waals surface area contributed by atoms with Crippen molar-refractivity contribution < 1.29 is 34.2 Å². The number of aliphatic carboxylic acids is 1. The van der Waals surface area contributed by atoms with E-state index in [0.29, 0.717) is 5.56 Å². The summed E-state index contributed by atoms with van der Waals surface area (Å²) < 4.78 is -2.16. The highest BCUT2D eigenvalue weighted by Crippen LogP contribution is 2.46. The minimum Gasteiger partial charge on any atom is -0.508 e. The number of hydrogen-bond acceptors (Lipinski definition) is 9. The van der Waals surface area contributed by atoms with Gasteiger partial charge in [-0.25, -0.2) is 4.79 Å². The Morgan fingerprint density at radius 3 is 2.00 bits per heavy atom. The van der Waals surface area contributed by atoms with Crippen molar-refractivity contribution in [2.24, 2.45) is 5.73 Å². The van der Waals surface area contributed by atoms with Crippen LogP contribution in [0.15, 0.2) is 54.6 Å². The van der Waals surface area contributed by atoms with E-state index in [1.807, 2.05) is 6.07 Å². The monoisotopic (exact) mass is 673 g/mol. The molecule has 0 bridgehead atoms. The van der Waals surface area contributed by atoms with E-state index < -0.39 is 69.3 Å². The molecule has 0 radical (unpaired) electrons. The molecule has 0 aromatic heterocycles. The molecule has 250 valence electrons. The molecule has 1 fully saturated rings. The summed E-state index contributed by atoms with van der Waals surface area (Å²) in [6, 6.07) is 9.42. The van der Waals surface area contributed by atoms with Crippen LogP contribution in [0.25, 0.3) is 0 Å². The van der Waals surface area contributed by atoms with Gasteiger partial charge in [-0.05, 0) is 63.8 Å². The van der Waals surface area contributed by atoms with Crippen LogP contribution in [0.1, 0.15) is 52.2 Å². The van der Waals surface area contributed by atoms with Crippen LogP contribution in [0.2, 0.25) is 0 Å². The number of nitrogens with two attached hydrogens (primary N) is 1. The third kappa shape index (κ3) is 9.87. The van der Waals surface area contributed by atoms with E-state index in [-0.39, 0.29) is 25.0 Å². The van der Waals surface area contributed by atoms with Crippen molar-refractivity contribution in [2.45, 2.75) is 93.6 Å². The number of phenolic OH excluding ortho intramolecular Hbond substituents is 1. The zero-order valence-corrected chi connectivity index (χ0v) is 28.2. The fourth-order valence-corrected chi connectivity index (χ4v) is 7.62. The molecule has 1 aliphatic rings. The summed E-state index contributed by atoms with van der Waals surface area (Å²) in [5.41, 5.74) is 7.67. The lowest BCUT2D eigenvalue weighted by Gasteiger charge is -2.39. The lowest BCUT2D eigenvalue weighted by atomic mass is 9.99. The van der Waals surface area contributed by atoms with Crippen LogP contribution < -0.4 is 27.0 Å². The highest BCUT2D eigenvalue weighted by Gasteiger charge is 2.45. The van der Waals surface area contributed by atoms with Crippen LogP contribution in [0, 0.1) is 0 Å². The molecule has 1 aliphatic heterocycles. The first-order chi connectivity index (χ1) is 21.5. The molecule has 1 heterocycles. The van der Waals surface area contributed by atoms with Crippen LogP contribution in [0.3, 0.4) is 0 Å². The average Bonchev–Trinajstić information content (AvgIpc) is 3.00. The number of phenols is 1. The number of rotatable bonds is 8.